The summed E-state index contributed by atoms with van der Waals surface area (Å²) in [5.74, 6) is -0.166. The number of fused-ring (bicyclic) bond motifs is 1. The van der Waals surface area contributed by atoms with Gasteiger partial charge in [0.05, 0.1) is 31.8 Å². The molecule has 2 aliphatic heterocycles. The SMILES string of the molecule is Cc1cc2c(c(C)c1CCO[C@@H]1O[C@H](CO)[C@@H](O)[C@H](O)[C@H]1O)C(=O)[C@](C)(CO[C@H]1O[C@@H](CO)[C@H](O)[C@@H](O)[C@@H]1O)C2. The van der Waals surface area contributed by atoms with Crippen molar-refractivity contribution in [3.63, 3.8) is 0 Å². The van der Waals surface area contributed by atoms with Gasteiger partial charge in [0, 0.05) is 5.56 Å². The van der Waals surface area contributed by atoms with Crippen LogP contribution in [0.5, 0.6) is 0 Å². The molecule has 0 saturated carbocycles. The molecule has 8 N–H and O–H groups in total. The van der Waals surface area contributed by atoms with Crippen LogP contribution in [0.25, 0.3) is 0 Å². The maximum absolute atomic E-state index is 13.6. The molecule has 11 atom stereocenters. The molecule has 40 heavy (non-hydrogen) atoms. The minimum atomic E-state index is -1.59. The van der Waals surface area contributed by atoms with Gasteiger partial charge < -0.3 is 59.8 Å². The Bertz CT molecular complexity index is 1060. The first-order valence-electron chi connectivity index (χ1n) is 13.4. The second kappa shape index (κ2) is 12.3. The van der Waals surface area contributed by atoms with Crippen molar-refractivity contribution in [2.45, 2.75) is 95.0 Å². The van der Waals surface area contributed by atoms with E-state index in [-0.39, 0.29) is 19.0 Å². The van der Waals surface area contributed by atoms with Crippen LogP contribution in [0.15, 0.2) is 6.07 Å². The Morgan fingerprint density at radius 3 is 1.90 bits per heavy atom. The highest BCUT2D eigenvalue weighted by Crippen LogP contribution is 2.41. The fourth-order valence-corrected chi connectivity index (χ4v) is 5.82. The highest BCUT2D eigenvalue weighted by molar-refractivity contribution is 6.06. The zero-order valence-corrected chi connectivity index (χ0v) is 22.7. The van der Waals surface area contributed by atoms with Crippen molar-refractivity contribution < 1.29 is 64.6 Å². The highest BCUT2D eigenvalue weighted by atomic mass is 16.7. The van der Waals surface area contributed by atoms with Gasteiger partial charge in [-0.1, -0.05) is 6.07 Å². The standard InChI is InChI=1S/C27H40O13/c1-11-6-13-7-27(3,10-38-26-23(35)21(33)19(31)16(9-29)40-26)24(36)17(13)12(2)14(11)4-5-37-25-22(34)20(32)18(30)15(8-28)39-25/h6,15-16,18-23,25-26,28-35H,4-5,7-10H2,1-3H3/t15-,16+,18-,19+,20+,21-,22-,23+,25-,26+,27+/m1/s1. The Morgan fingerprint density at radius 2 is 1.38 bits per heavy atom. The fourth-order valence-electron chi connectivity index (χ4n) is 5.82. The van der Waals surface area contributed by atoms with E-state index in [1.54, 1.807) is 6.92 Å². The van der Waals surface area contributed by atoms with E-state index in [2.05, 4.69) is 0 Å². The summed E-state index contributed by atoms with van der Waals surface area (Å²) in [6.07, 6.45) is -13.3. The topological polar surface area (TPSA) is 216 Å². The Labute approximate surface area is 231 Å². The zero-order chi connectivity index (χ0) is 29.5. The lowest BCUT2D eigenvalue weighted by atomic mass is 9.86. The lowest BCUT2D eigenvalue weighted by Crippen LogP contribution is -2.59. The molecular formula is C27H40O13. The molecule has 13 nitrogen and oxygen atoms in total. The number of ketones is 1. The van der Waals surface area contributed by atoms with Crippen molar-refractivity contribution >= 4 is 5.78 Å². The number of carbonyl (C=O) groups excluding carboxylic acids is 1. The number of ether oxygens (including phenoxy) is 4. The lowest BCUT2D eigenvalue weighted by molar-refractivity contribution is -0.304. The maximum atomic E-state index is 13.6. The van der Waals surface area contributed by atoms with Crippen LogP contribution in [0.1, 0.15) is 39.5 Å². The summed E-state index contributed by atoms with van der Waals surface area (Å²) >= 11 is 0. The van der Waals surface area contributed by atoms with Crippen molar-refractivity contribution in [3.8, 4) is 0 Å². The third-order valence-electron chi connectivity index (χ3n) is 8.27. The second-order valence-electron chi connectivity index (χ2n) is 11.2. The first-order valence-corrected chi connectivity index (χ1v) is 13.4. The molecule has 0 aromatic heterocycles. The van der Waals surface area contributed by atoms with E-state index >= 15 is 0 Å². The number of benzene rings is 1. The van der Waals surface area contributed by atoms with Crippen molar-refractivity contribution in [2.75, 3.05) is 26.4 Å². The van der Waals surface area contributed by atoms with Gasteiger partial charge >= 0.3 is 0 Å². The summed E-state index contributed by atoms with van der Waals surface area (Å²) in [5.41, 5.74) is 2.92. The molecule has 3 aliphatic rings. The summed E-state index contributed by atoms with van der Waals surface area (Å²) in [4.78, 5) is 13.6. The van der Waals surface area contributed by atoms with E-state index in [0.717, 1.165) is 22.3 Å². The van der Waals surface area contributed by atoms with Crippen molar-refractivity contribution in [1.29, 1.82) is 0 Å². The number of carbonyl (C=O) groups is 1. The maximum Gasteiger partial charge on any atom is 0.186 e. The Balaban J connectivity index is 1.42. The van der Waals surface area contributed by atoms with E-state index < -0.39 is 80.0 Å². The summed E-state index contributed by atoms with van der Waals surface area (Å²) in [6, 6.07) is 1.92. The molecule has 0 bridgehead atoms. The van der Waals surface area contributed by atoms with Gasteiger partial charge in [-0.3, -0.25) is 4.79 Å². The molecule has 13 heteroatoms. The van der Waals surface area contributed by atoms with Crippen molar-refractivity contribution in [3.05, 3.63) is 33.9 Å². The van der Waals surface area contributed by atoms with Crippen LogP contribution in [0, 0.1) is 19.3 Å². The molecule has 2 saturated heterocycles. The minimum absolute atomic E-state index is 0.0643. The van der Waals surface area contributed by atoms with Gasteiger partial charge in [-0.2, -0.15) is 0 Å². The monoisotopic (exact) mass is 572 g/mol. The number of hydrogen-bond donors (Lipinski definition) is 8. The molecule has 0 spiro atoms. The number of hydrogen-bond acceptors (Lipinski definition) is 13. The van der Waals surface area contributed by atoms with Gasteiger partial charge in [0.15, 0.2) is 18.4 Å². The molecule has 1 aromatic carbocycles. The molecule has 1 aromatic rings. The van der Waals surface area contributed by atoms with Crippen LogP contribution in [0.4, 0.5) is 0 Å². The first-order chi connectivity index (χ1) is 18.8. The molecule has 226 valence electrons. The van der Waals surface area contributed by atoms with Gasteiger partial charge in [-0.05, 0) is 55.9 Å². The molecular weight excluding hydrogens is 532 g/mol. The van der Waals surface area contributed by atoms with Gasteiger partial charge in [-0.25, -0.2) is 0 Å². The average molecular weight is 573 g/mol. The van der Waals surface area contributed by atoms with E-state index in [4.69, 9.17) is 18.9 Å². The average Bonchev–Trinajstić information content (AvgIpc) is 3.17. The first kappa shape index (κ1) is 31.3. The van der Waals surface area contributed by atoms with Crippen molar-refractivity contribution in [2.24, 2.45) is 5.41 Å². The van der Waals surface area contributed by atoms with Gasteiger partial charge in [0.25, 0.3) is 0 Å². The Morgan fingerprint density at radius 1 is 0.850 bits per heavy atom. The van der Waals surface area contributed by atoms with E-state index in [0.29, 0.717) is 18.4 Å². The van der Waals surface area contributed by atoms with Crippen LogP contribution in [0.2, 0.25) is 0 Å². The third-order valence-corrected chi connectivity index (χ3v) is 8.27. The van der Waals surface area contributed by atoms with E-state index in [1.807, 2.05) is 19.9 Å². The quantitative estimate of drug-likeness (QED) is 0.151. The summed E-state index contributed by atoms with van der Waals surface area (Å²) < 4.78 is 22.2. The van der Waals surface area contributed by atoms with Crippen LogP contribution in [-0.4, -0.2) is 134 Å². The molecule has 0 unspecified atom stereocenters. The summed E-state index contributed by atoms with van der Waals surface area (Å²) in [6.45, 7) is 4.24. The van der Waals surface area contributed by atoms with Crippen LogP contribution in [0.3, 0.4) is 0 Å². The molecule has 1 aliphatic carbocycles. The lowest BCUT2D eigenvalue weighted by Gasteiger charge is -2.40. The number of rotatable bonds is 9. The molecule has 2 heterocycles. The summed E-state index contributed by atoms with van der Waals surface area (Å²) in [5, 5.41) is 79.2. The molecule has 4 rings (SSSR count). The predicted molar refractivity (Wildman–Crippen MR) is 135 cm³/mol. The van der Waals surface area contributed by atoms with Crippen LogP contribution >= 0.6 is 0 Å². The number of Topliss-reactive ketones (excluding diaryl/α,β-unsaturated/α-hetero) is 1. The predicted octanol–water partition coefficient (Wildman–Crippen LogP) is -2.78. The summed E-state index contributed by atoms with van der Waals surface area (Å²) in [7, 11) is 0. The molecule has 2 fully saturated rings. The fraction of sp³-hybridized carbons (Fsp3) is 0.741. The molecule has 0 amide bonds. The second-order valence-corrected chi connectivity index (χ2v) is 11.2. The highest BCUT2D eigenvalue weighted by Gasteiger charge is 2.48. The Hall–Kier alpha value is -1.59. The van der Waals surface area contributed by atoms with E-state index in [1.165, 1.54) is 0 Å². The van der Waals surface area contributed by atoms with Crippen LogP contribution in [-0.2, 0) is 31.8 Å². The molecule has 0 radical (unpaired) electrons. The number of aliphatic hydroxyl groups excluding tert-OH is 8. The smallest absolute Gasteiger partial charge is 0.186 e. The third kappa shape index (κ3) is 5.71. The van der Waals surface area contributed by atoms with Crippen molar-refractivity contribution in [1.82, 2.24) is 0 Å². The largest absolute Gasteiger partial charge is 0.394 e. The Kier molecular flexibility index (Phi) is 9.67. The zero-order valence-electron chi connectivity index (χ0n) is 22.7. The number of aliphatic hydroxyl groups is 8. The van der Waals surface area contributed by atoms with Gasteiger partial charge in [-0.15, -0.1) is 0 Å². The van der Waals surface area contributed by atoms with Crippen LogP contribution < -0.4 is 0 Å². The van der Waals surface area contributed by atoms with E-state index in [9.17, 15) is 45.6 Å². The number of aryl methyl sites for hydroxylation is 1. The van der Waals surface area contributed by atoms with Gasteiger partial charge in [0.1, 0.15) is 48.8 Å². The normalized spacial score (nSPS) is 39.9. The van der Waals surface area contributed by atoms with Gasteiger partial charge in [0.2, 0.25) is 0 Å². The minimum Gasteiger partial charge on any atom is -0.394 e.